The molecular weight excluding hydrogens is 160 g/mol. The van der Waals surface area contributed by atoms with Crippen LogP contribution in [0.25, 0.3) is 0 Å². The van der Waals surface area contributed by atoms with Crippen LogP contribution in [0, 0.1) is 0 Å². The van der Waals surface area contributed by atoms with Gasteiger partial charge in [-0.15, -0.1) is 0 Å². The topological polar surface area (TPSA) is 55.8 Å². The van der Waals surface area contributed by atoms with Crippen molar-refractivity contribution >= 4 is 5.97 Å². The Morgan fingerprint density at radius 1 is 1.83 bits per heavy atom. The highest BCUT2D eigenvalue weighted by Crippen LogP contribution is 2.14. The summed E-state index contributed by atoms with van der Waals surface area (Å²) in [7, 11) is 0. The summed E-state index contributed by atoms with van der Waals surface area (Å²) in [4.78, 5) is 10.6. The van der Waals surface area contributed by atoms with Gasteiger partial charge < -0.3 is 14.6 Å². The third-order valence-corrected chi connectivity index (χ3v) is 1.63. The van der Waals surface area contributed by atoms with Crippen molar-refractivity contribution in [3.63, 3.8) is 0 Å². The smallest absolute Gasteiger partial charge is 0.303 e. The molecule has 0 spiro atoms. The number of rotatable bonds is 2. The van der Waals surface area contributed by atoms with E-state index >= 15 is 0 Å². The first kappa shape index (κ1) is 9.06. The second kappa shape index (κ2) is 4.11. The zero-order valence-electron chi connectivity index (χ0n) is 6.90. The summed E-state index contributed by atoms with van der Waals surface area (Å²) in [5.74, 6) is -0.350. The Morgan fingerprint density at radius 2 is 2.58 bits per heavy atom. The summed E-state index contributed by atoms with van der Waals surface area (Å²) in [6.07, 6.45) is 3.11. The first-order valence-corrected chi connectivity index (χ1v) is 3.82. The van der Waals surface area contributed by atoms with E-state index in [1.54, 1.807) is 6.08 Å². The number of hydrogen-bond donors (Lipinski definition) is 1. The predicted octanol–water partition coefficient (Wildman–Crippen LogP) is 0.213. The molecule has 68 valence electrons. The summed E-state index contributed by atoms with van der Waals surface area (Å²) in [6.45, 7) is 1.20. The minimum Gasteiger partial charge on any atom is -0.492 e. The molecule has 0 aliphatic carbocycles. The molecule has 0 radical (unpaired) electrons. The number of carbonyl (C=O) groups is 1. The molecule has 0 amide bonds. The van der Waals surface area contributed by atoms with Gasteiger partial charge in [0.15, 0.2) is 6.10 Å². The van der Waals surface area contributed by atoms with Gasteiger partial charge in [-0.25, -0.2) is 0 Å². The normalized spacial score (nSPS) is 27.8. The Bertz CT molecular complexity index is 187. The maximum Gasteiger partial charge on any atom is 0.303 e. The van der Waals surface area contributed by atoms with E-state index in [9.17, 15) is 4.79 Å². The van der Waals surface area contributed by atoms with Crippen LogP contribution in [0.1, 0.15) is 13.3 Å². The fourth-order valence-corrected chi connectivity index (χ4v) is 1.08. The lowest BCUT2D eigenvalue weighted by molar-refractivity contribution is -0.155. The summed E-state index contributed by atoms with van der Waals surface area (Å²) in [6, 6.07) is 0. The Labute approximate surface area is 70.8 Å². The van der Waals surface area contributed by atoms with E-state index in [4.69, 9.17) is 14.6 Å². The van der Waals surface area contributed by atoms with E-state index in [1.165, 1.54) is 13.2 Å². The van der Waals surface area contributed by atoms with Crippen LogP contribution in [0.5, 0.6) is 0 Å². The monoisotopic (exact) mass is 172 g/mol. The third-order valence-electron chi connectivity index (χ3n) is 1.63. The van der Waals surface area contributed by atoms with Crippen LogP contribution in [0.15, 0.2) is 12.3 Å². The van der Waals surface area contributed by atoms with Crippen molar-refractivity contribution in [3.8, 4) is 0 Å². The molecule has 1 heterocycles. The van der Waals surface area contributed by atoms with Crippen molar-refractivity contribution in [2.24, 2.45) is 0 Å². The van der Waals surface area contributed by atoms with E-state index in [0.29, 0.717) is 6.42 Å². The van der Waals surface area contributed by atoms with Gasteiger partial charge in [-0.1, -0.05) is 0 Å². The SMILES string of the molecule is CC(=O)OC1CC=CO[C@@H]1CO. The van der Waals surface area contributed by atoms with Gasteiger partial charge in [-0.05, 0) is 6.08 Å². The van der Waals surface area contributed by atoms with E-state index in [2.05, 4.69) is 0 Å². The van der Waals surface area contributed by atoms with Crippen molar-refractivity contribution in [2.75, 3.05) is 6.61 Å². The molecule has 0 aromatic rings. The van der Waals surface area contributed by atoms with Gasteiger partial charge in [0.2, 0.25) is 0 Å². The quantitative estimate of drug-likeness (QED) is 0.605. The molecule has 1 rings (SSSR count). The fraction of sp³-hybridized carbons (Fsp3) is 0.625. The van der Waals surface area contributed by atoms with Crippen LogP contribution in [-0.2, 0) is 14.3 Å². The second-order valence-electron chi connectivity index (χ2n) is 2.61. The molecule has 0 aromatic heterocycles. The molecule has 4 nitrogen and oxygen atoms in total. The van der Waals surface area contributed by atoms with Crippen molar-refractivity contribution in [1.29, 1.82) is 0 Å². The third kappa shape index (κ3) is 2.23. The average molecular weight is 172 g/mol. The van der Waals surface area contributed by atoms with E-state index in [1.807, 2.05) is 0 Å². The number of esters is 1. The van der Waals surface area contributed by atoms with Gasteiger partial charge in [0.1, 0.15) is 6.10 Å². The highest BCUT2D eigenvalue weighted by molar-refractivity contribution is 5.66. The van der Waals surface area contributed by atoms with E-state index in [0.717, 1.165) is 0 Å². The first-order valence-electron chi connectivity index (χ1n) is 3.82. The molecule has 4 heteroatoms. The molecule has 2 atom stereocenters. The Kier molecular flexibility index (Phi) is 3.10. The summed E-state index contributed by atoms with van der Waals surface area (Å²) in [5, 5.41) is 8.82. The van der Waals surface area contributed by atoms with Crippen LogP contribution in [0.4, 0.5) is 0 Å². The fourth-order valence-electron chi connectivity index (χ4n) is 1.08. The summed E-state index contributed by atoms with van der Waals surface area (Å²) >= 11 is 0. The molecule has 0 bridgehead atoms. The number of ether oxygens (including phenoxy) is 2. The molecule has 0 saturated carbocycles. The van der Waals surface area contributed by atoms with Gasteiger partial charge >= 0.3 is 5.97 Å². The Hall–Kier alpha value is -1.03. The Balaban J connectivity index is 2.49. The zero-order valence-corrected chi connectivity index (χ0v) is 6.90. The van der Waals surface area contributed by atoms with E-state index in [-0.39, 0.29) is 18.7 Å². The number of aliphatic hydroxyl groups excluding tert-OH is 1. The average Bonchev–Trinajstić information content (AvgIpc) is 2.04. The molecule has 0 saturated heterocycles. The van der Waals surface area contributed by atoms with Crippen LogP contribution in [0.3, 0.4) is 0 Å². The lowest BCUT2D eigenvalue weighted by Gasteiger charge is -2.26. The first-order chi connectivity index (χ1) is 5.74. The maximum atomic E-state index is 10.6. The van der Waals surface area contributed by atoms with Gasteiger partial charge in [0.25, 0.3) is 0 Å². The number of aliphatic hydroxyl groups is 1. The van der Waals surface area contributed by atoms with Gasteiger partial charge in [0.05, 0.1) is 12.9 Å². The maximum absolute atomic E-state index is 10.6. The molecular formula is C8H12O4. The molecule has 1 aliphatic heterocycles. The van der Waals surface area contributed by atoms with Gasteiger partial charge in [-0.3, -0.25) is 4.79 Å². The van der Waals surface area contributed by atoms with Crippen LogP contribution in [0.2, 0.25) is 0 Å². The predicted molar refractivity (Wildman–Crippen MR) is 41.3 cm³/mol. The number of hydrogen-bond acceptors (Lipinski definition) is 4. The number of carbonyl (C=O) groups excluding carboxylic acids is 1. The zero-order chi connectivity index (χ0) is 8.97. The lowest BCUT2D eigenvalue weighted by Crippen LogP contribution is -2.36. The van der Waals surface area contributed by atoms with Crippen LogP contribution < -0.4 is 0 Å². The highest BCUT2D eigenvalue weighted by Gasteiger charge is 2.25. The molecule has 1 aliphatic rings. The van der Waals surface area contributed by atoms with Crippen molar-refractivity contribution in [1.82, 2.24) is 0 Å². The standard InChI is InChI=1S/C8H12O4/c1-6(10)12-7-3-2-4-11-8(7)5-9/h2,4,7-9H,3,5H2,1H3/t7?,8-/m1/s1. The molecule has 0 fully saturated rings. The summed E-state index contributed by atoms with van der Waals surface area (Å²) < 4.78 is 9.95. The molecule has 0 aromatic carbocycles. The van der Waals surface area contributed by atoms with E-state index < -0.39 is 6.10 Å². The molecule has 1 unspecified atom stereocenters. The lowest BCUT2D eigenvalue weighted by atomic mass is 10.1. The van der Waals surface area contributed by atoms with Crippen LogP contribution >= 0.6 is 0 Å². The largest absolute Gasteiger partial charge is 0.492 e. The second-order valence-corrected chi connectivity index (χ2v) is 2.61. The van der Waals surface area contributed by atoms with Crippen molar-refractivity contribution < 1.29 is 19.4 Å². The highest BCUT2D eigenvalue weighted by atomic mass is 16.6. The molecule has 12 heavy (non-hydrogen) atoms. The van der Waals surface area contributed by atoms with Crippen LogP contribution in [-0.4, -0.2) is 29.9 Å². The minimum atomic E-state index is -0.418. The summed E-state index contributed by atoms with van der Waals surface area (Å²) in [5.41, 5.74) is 0. The van der Waals surface area contributed by atoms with Gasteiger partial charge in [0, 0.05) is 13.3 Å². The van der Waals surface area contributed by atoms with Gasteiger partial charge in [-0.2, -0.15) is 0 Å². The van der Waals surface area contributed by atoms with Crippen molar-refractivity contribution in [3.05, 3.63) is 12.3 Å². The Morgan fingerprint density at radius 3 is 3.17 bits per heavy atom. The molecule has 1 N–H and O–H groups in total. The van der Waals surface area contributed by atoms with Crippen molar-refractivity contribution in [2.45, 2.75) is 25.6 Å². The minimum absolute atomic E-state index is 0.137.